The van der Waals surface area contributed by atoms with Crippen molar-refractivity contribution in [3.63, 3.8) is 0 Å². The first-order valence-corrected chi connectivity index (χ1v) is 12.0. The normalized spacial score (nSPS) is 33.9. The van der Waals surface area contributed by atoms with Crippen LogP contribution < -0.4 is 4.74 Å². The van der Waals surface area contributed by atoms with E-state index in [4.69, 9.17) is 9.47 Å². The van der Waals surface area contributed by atoms with Crippen molar-refractivity contribution in [2.75, 3.05) is 13.1 Å². The molecule has 4 unspecified atom stereocenters. The summed E-state index contributed by atoms with van der Waals surface area (Å²) in [5, 5.41) is 10.7. The lowest BCUT2D eigenvalue weighted by Gasteiger charge is -2.63. The number of pyridine rings is 1. The molecule has 1 aromatic heterocycles. The van der Waals surface area contributed by atoms with Crippen molar-refractivity contribution in [3.8, 4) is 11.5 Å². The SMILES string of the molecule is O=C(OC12CCC(=O)C3Oc4c(O)ccc5c4C31CCN(CC1CC1)C2C5)c1ccccn1. The lowest BCUT2D eigenvalue weighted by molar-refractivity contribution is -0.190. The molecule has 1 N–H and O–H groups in total. The van der Waals surface area contributed by atoms with E-state index in [0.717, 1.165) is 24.2 Å². The molecule has 0 amide bonds. The molecule has 0 radical (unpaired) electrons. The fourth-order valence-electron chi connectivity index (χ4n) is 7.14. The highest BCUT2D eigenvalue weighted by Gasteiger charge is 2.75. The number of phenolic OH excluding ortho intramolecular Hbond substituents is 1. The van der Waals surface area contributed by atoms with E-state index in [1.165, 1.54) is 12.8 Å². The first kappa shape index (κ1) is 19.5. The van der Waals surface area contributed by atoms with Gasteiger partial charge in [-0.1, -0.05) is 12.1 Å². The summed E-state index contributed by atoms with van der Waals surface area (Å²) in [7, 11) is 0. The number of hydrogen-bond donors (Lipinski definition) is 1. The van der Waals surface area contributed by atoms with Crippen LogP contribution in [0.1, 0.15) is 53.7 Å². The second-order valence-electron chi connectivity index (χ2n) is 10.3. The molecule has 7 rings (SSSR count). The molecule has 2 saturated carbocycles. The van der Waals surface area contributed by atoms with Gasteiger partial charge in [0.1, 0.15) is 11.3 Å². The Balaban J connectivity index is 1.43. The van der Waals surface area contributed by atoms with Gasteiger partial charge in [0.2, 0.25) is 0 Å². The molecule has 170 valence electrons. The Morgan fingerprint density at radius 1 is 1.24 bits per heavy atom. The number of nitrogens with zero attached hydrogens (tertiary/aromatic N) is 2. The third-order valence-electron chi connectivity index (χ3n) is 8.67. The molecule has 2 bridgehead atoms. The lowest BCUT2D eigenvalue weighted by atomic mass is 9.48. The summed E-state index contributed by atoms with van der Waals surface area (Å²) in [6.45, 7) is 1.81. The quantitative estimate of drug-likeness (QED) is 0.723. The van der Waals surface area contributed by atoms with Crippen LogP contribution in [0.2, 0.25) is 0 Å². The Bertz CT molecular complexity index is 1180. The van der Waals surface area contributed by atoms with E-state index < -0.39 is 23.1 Å². The van der Waals surface area contributed by atoms with Crippen molar-refractivity contribution >= 4 is 11.8 Å². The number of carbonyl (C=O) groups excluding carboxylic acids is 2. The highest BCUT2D eigenvalue weighted by Crippen LogP contribution is 2.66. The minimum absolute atomic E-state index is 0.0253. The molecule has 3 fully saturated rings. The third-order valence-corrected chi connectivity index (χ3v) is 8.67. The van der Waals surface area contributed by atoms with Gasteiger partial charge in [-0.3, -0.25) is 9.69 Å². The van der Waals surface area contributed by atoms with Gasteiger partial charge < -0.3 is 14.6 Å². The molecule has 7 nitrogen and oxygen atoms in total. The molecule has 2 aromatic rings. The summed E-state index contributed by atoms with van der Waals surface area (Å²) < 4.78 is 12.8. The second kappa shape index (κ2) is 6.56. The number of ketones is 1. The number of phenols is 1. The summed E-state index contributed by atoms with van der Waals surface area (Å²) in [6, 6.07) is 8.80. The van der Waals surface area contributed by atoms with Gasteiger partial charge >= 0.3 is 5.97 Å². The smallest absolute Gasteiger partial charge is 0.357 e. The van der Waals surface area contributed by atoms with Crippen LogP contribution in [0.5, 0.6) is 11.5 Å². The molecular weight excluding hydrogens is 420 g/mol. The molecule has 4 atom stereocenters. The van der Waals surface area contributed by atoms with E-state index in [2.05, 4.69) is 9.88 Å². The predicted molar refractivity (Wildman–Crippen MR) is 117 cm³/mol. The minimum Gasteiger partial charge on any atom is -0.504 e. The first-order valence-electron chi connectivity index (χ1n) is 12.0. The number of benzene rings is 1. The van der Waals surface area contributed by atoms with E-state index >= 15 is 0 Å². The number of rotatable bonds is 4. The van der Waals surface area contributed by atoms with E-state index in [1.54, 1.807) is 30.5 Å². The number of Topliss-reactive ketones (excluding diaryl/α,β-unsaturated/α-hetero) is 1. The van der Waals surface area contributed by atoms with E-state index in [1.807, 2.05) is 6.07 Å². The number of aromatic nitrogens is 1. The molecular formula is C26H26N2O5. The molecule has 33 heavy (non-hydrogen) atoms. The maximum atomic E-state index is 13.4. The molecule has 1 saturated heterocycles. The van der Waals surface area contributed by atoms with Crippen molar-refractivity contribution in [2.24, 2.45) is 5.92 Å². The minimum atomic E-state index is -0.903. The van der Waals surface area contributed by atoms with Crippen molar-refractivity contribution in [2.45, 2.75) is 61.7 Å². The van der Waals surface area contributed by atoms with Crippen LogP contribution in [0.4, 0.5) is 0 Å². The van der Waals surface area contributed by atoms with Gasteiger partial charge in [-0.15, -0.1) is 0 Å². The highest BCUT2D eigenvalue weighted by molar-refractivity contribution is 5.92. The maximum absolute atomic E-state index is 13.4. The monoisotopic (exact) mass is 446 g/mol. The average molecular weight is 447 g/mol. The van der Waals surface area contributed by atoms with Crippen LogP contribution in [0.3, 0.4) is 0 Å². The number of ether oxygens (including phenoxy) is 2. The number of esters is 1. The van der Waals surface area contributed by atoms with Gasteiger partial charge in [-0.2, -0.15) is 0 Å². The Morgan fingerprint density at radius 3 is 2.91 bits per heavy atom. The molecule has 3 heterocycles. The van der Waals surface area contributed by atoms with Gasteiger partial charge in [-0.05, 0) is 68.3 Å². The second-order valence-corrected chi connectivity index (χ2v) is 10.3. The summed E-state index contributed by atoms with van der Waals surface area (Å²) in [4.78, 5) is 33.4. The van der Waals surface area contributed by atoms with Crippen molar-refractivity contribution in [1.29, 1.82) is 0 Å². The number of aromatic hydroxyl groups is 1. The lowest BCUT2D eigenvalue weighted by Crippen LogP contribution is -2.77. The zero-order chi connectivity index (χ0) is 22.4. The standard InChI is InChI=1S/C26H26N2O5/c29-18-7-6-16-13-20-26(33-24(31)17-3-1-2-11-27-17)9-8-19(30)23-25(26,21(16)22(18)32-23)10-12-28(20)14-15-4-5-15/h1-3,6-7,11,15,20,23,29H,4-5,8-10,12-14H2. The van der Waals surface area contributed by atoms with Crippen LogP contribution in [-0.2, 0) is 21.4 Å². The van der Waals surface area contributed by atoms with Crippen LogP contribution in [0.25, 0.3) is 0 Å². The fourth-order valence-corrected chi connectivity index (χ4v) is 7.14. The largest absolute Gasteiger partial charge is 0.504 e. The maximum Gasteiger partial charge on any atom is 0.357 e. The number of piperidine rings is 1. The Kier molecular flexibility index (Phi) is 3.89. The van der Waals surface area contributed by atoms with Gasteiger partial charge in [-0.25, -0.2) is 9.78 Å². The zero-order valence-electron chi connectivity index (χ0n) is 18.3. The van der Waals surface area contributed by atoms with Crippen LogP contribution in [0.15, 0.2) is 36.5 Å². The first-order chi connectivity index (χ1) is 16.0. The Morgan fingerprint density at radius 2 is 2.12 bits per heavy atom. The van der Waals surface area contributed by atoms with Gasteiger partial charge in [0.15, 0.2) is 23.4 Å². The Labute approximate surface area is 191 Å². The van der Waals surface area contributed by atoms with E-state index in [0.29, 0.717) is 37.4 Å². The van der Waals surface area contributed by atoms with Gasteiger partial charge in [0.25, 0.3) is 0 Å². The fraction of sp³-hybridized carbons (Fsp3) is 0.500. The summed E-state index contributed by atoms with van der Waals surface area (Å²) in [6.07, 6.45) is 5.45. The average Bonchev–Trinajstić information content (AvgIpc) is 3.57. The summed E-state index contributed by atoms with van der Waals surface area (Å²) >= 11 is 0. The van der Waals surface area contributed by atoms with Crippen molar-refractivity contribution in [3.05, 3.63) is 53.3 Å². The molecule has 7 heteroatoms. The molecule has 1 aromatic carbocycles. The van der Waals surface area contributed by atoms with Crippen LogP contribution in [-0.4, -0.2) is 57.6 Å². The van der Waals surface area contributed by atoms with Gasteiger partial charge in [0, 0.05) is 24.7 Å². The summed E-state index contributed by atoms with van der Waals surface area (Å²) in [5.74, 6) is 0.713. The zero-order valence-corrected chi connectivity index (χ0v) is 18.3. The van der Waals surface area contributed by atoms with Gasteiger partial charge in [0.05, 0.1) is 11.5 Å². The predicted octanol–water partition coefficient (Wildman–Crippen LogP) is 2.79. The highest BCUT2D eigenvalue weighted by atomic mass is 16.6. The molecule has 1 spiro atoms. The number of likely N-dealkylation sites (tertiary alicyclic amines) is 1. The van der Waals surface area contributed by atoms with E-state index in [9.17, 15) is 14.7 Å². The van der Waals surface area contributed by atoms with Crippen LogP contribution >= 0.6 is 0 Å². The third kappa shape index (κ3) is 2.46. The summed E-state index contributed by atoms with van der Waals surface area (Å²) in [5.41, 5.74) is 0.564. The van der Waals surface area contributed by atoms with Crippen molar-refractivity contribution < 1.29 is 24.2 Å². The van der Waals surface area contributed by atoms with Crippen LogP contribution in [0, 0.1) is 5.92 Å². The molecule has 2 aliphatic heterocycles. The van der Waals surface area contributed by atoms with E-state index in [-0.39, 0.29) is 23.3 Å². The number of hydrogen-bond acceptors (Lipinski definition) is 7. The molecule has 3 aliphatic carbocycles. The number of carbonyl (C=O) groups is 2. The molecule has 5 aliphatic rings. The Hall–Kier alpha value is -2.93. The van der Waals surface area contributed by atoms with Crippen molar-refractivity contribution in [1.82, 2.24) is 9.88 Å². The topological polar surface area (TPSA) is 89.0 Å².